The van der Waals surface area contributed by atoms with Gasteiger partial charge in [-0.3, -0.25) is 0 Å². The normalized spacial score (nSPS) is 11.5. The van der Waals surface area contributed by atoms with Gasteiger partial charge in [0.25, 0.3) is 0 Å². The third-order valence-corrected chi connectivity index (χ3v) is 3.13. The van der Waals surface area contributed by atoms with Gasteiger partial charge >= 0.3 is 0 Å². The van der Waals surface area contributed by atoms with E-state index in [1.165, 1.54) is 18.2 Å². The first kappa shape index (κ1) is 14.2. The molecular weight excluding hydrogens is 279 g/mol. The maximum atomic E-state index is 13.0. The molecule has 2 aromatic rings. The Labute approximate surface area is 121 Å². The first-order chi connectivity index (χ1) is 9.63. The van der Waals surface area contributed by atoms with Crippen molar-refractivity contribution in [2.75, 3.05) is 12.4 Å². The van der Waals surface area contributed by atoms with E-state index in [1.807, 2.05) is 0 Å². The van der Waals surface area contributed by atoms with E-state index in [1.54, 1.807) is 31.4 Å². The Morgan fingerprint density at radius 3 is 2.50 bits per heavy atom. The summed E-state index contributed by atoms with van der Waals surface area (Å²) in [5.74, 6) is 0.295. The monoisotopic (exact) mass is 290 g/mol. The molecule has 0 amide bonds. The number of hydrogen-bond acceptors (Lipinski definition) is 3. The second kappa shape index (κ2) is 6.27. The number of nitrogens with zero attached hydrogens (tertiary/aromatic N) is 1. The number of halogens is 2. The number of anilines is 1. The maximum Gasteiger partial charge on any atom is 0.141 e. The van der Waals surface area contributed by atoms with Crippen molar-refractivity contribution < 1.29 is 9.13 Å². The lowest BCUT2D eigenvalue weighted by Crippen LogP contribution is -2.09. The quantitative estimate of drug-likeness (QED) is 0.919. The fourth-order valence-electron chi connectivity index (χ4n) is 1.77. The van der Waals surface area contributed by atoms with Crippen LogP contribution in [-0.4, -0.2) is 7.11 Å². The molecule has 0 bridgehead atoms. The van der Waals surface area contributed by atoms with Crippen molar-refractivity contribution in [3.63, 3.8) is 0 Å². The largest absolute Gasteiger partial charge is 0.497 e. The van der Waals surface area contributed by atoms with Gasteiger partial charge in [0.1, 0.15) is 17.6 Å². The molecule has 20 heavy (non-hydrogen) atoms. The predicted molar refractivity (Wildman–Crippen MR) is 76.4 cm³/mol. The van der Waals surface area contributed by atoms with E-state index in [2.05, 4.69) is 11.4 Å². The standard InChI is InChI=1S/C15H12ClFN2O/c1-20-12-5-3-11(4-6-12)19-15(9-18)13-7-2-10(17)8-14(13)16/h2-8,15,19H,1H3. The molecule has 0 spiro atoms. The summed E-state index contributed by atoms with van der Waals surface area (Å²) in [5.41, 5.74) is 1.28. The summed E-state index contributed by atoms with van der Waals surface area (Å²) in [5, 5.41) is 12.5. The molecule has 0 saturated heterocycles. The molecule has 0 radical (unpaired) electrons. The highest BCUT2D eigenvalue weighted by atomic mass is 35.5. The van der Waals surface area contributed by atoms with E-state index < -0.39 is 11.9 Å². The van der Waals surface area contributed by atoms with Crippen LogP contribution in [0.25, 0.3) is 0 Å². The molecular formula is C15H12ClFN2O. The van der Waals surface area contributed by atoms with Crippen LogP contribution in [0.5, 0.6) is 5.75 Å². The predicted octanol–water partition coefficient (Wildman–Crippen LogP) is 4.16. The van der Waals surface area contributed by atoms with Gasteiger partial charge in [-0.2, -0.15) is 5.26 Å². The van der Waals surface area contributed by atoms with E-state index in [4.69, 9.17) is 16.3 Å². The number of hydrogen-bond donors (Lipinski definition) is 1. The lowest BCUT2D eigenvalue weighted by atomic mass is 10.1. The Morgan fingerprint density at radius 1 is 1.25 bits per heavy atom. The van der Waals surface area contributed by atoms with Crippen molar-refractivity contribution in [2.45, 2.75) is 6.04 Å². The minimum atomic E-state index is -0.656. The van der Waals surface area contributed by atoms with Crippen LogP contribution in [0.1, 0.15) is 11.6 Å². The smallest absolute Gasteiger partial charge is 0.141 e. The second-order valence-corrected chi connectivity index (χ2v) is 4.51. The van der Waals surface area contributed by atoms with Crippen molar-refractivity contribution >= 4 is 17.3 Å². The molecule has 0 aliphatic heterocycles. The van der Waals surface area contributed by atoms with Gasteiger partial charge in [-0.1, -0.05) is 17.7 Å². The zero-order chi connectivity index (χ0) is 14.5. The number of nitrogens with one attached hydrogen (secondary N) is 1. The Hall–Kier alpha value is -2.25. The summed E-state index contributed by atoms with van der Waals surface area (Å²) >= 11 is 5.97. The van der Waals surface area contributed by atoms with Crippen LogP contribution in [0.3, 0.4) is 0 Å². The zero-order valence-corrected chi connectivity index (χ0v) is 11.5. The maximum absolute atomic E-state index is 13.0. The lowest BCUT2D eigenvalue weighted by Gasteiger charge is -2.15. The van der Waals surface area contributed by atoms with Gasteiger partial charge < -0.3 is 10.1 Å². The summed E-state index contributed by atoms with van der Waals surface area (Å²) in [6.07, 6.45) is 0. The van der Waals surface area contributed by atoms with Gasteiger partial charge in [0.2, 0.25) is 0 Å². The molecule has 0 fully saturated rings. The SMILES string of the molecule is COc1ccc(NC(C#N)c2ccc(F)cc2Cl)cc1. The molecule has 0 aromatic heterocycles. The Balaban J connectivity index is 2.22. The average molecular weight is 291 g/mol. The number of benzene rings is 2. The van der Waals surface area contributed by atoms with Gasteiger partial charge in [-0.05, 0) is 36.4 Å². The first-order valence-corrected chi connectivity index (χ1v) is 6.27. The van der Waals surface area contributed by atoms with Crippen molar-refractivity contribution in [3.8, 4) is 11.8 Å². The van der Waals surface area contributed by atoms with Crippen LogP contribution < -0.4 is 10.1 Å². The molecule has 0 aliphatic carbocycles. The summed E-state index contributed by atoms with van der Waals surface area (Å²) in [7, 11) is 1.58. The van der Waals surface area contributed by atoms with E-state index >= 15 is 0 Å². The summed E-state index contributed by atoms with van der Waals surface area (Å²) in [6, 6.07) is 12.6. The van der Waals surface area contributed by atoms with Crippen molar-refractivity contribution in [1.82, 2.24) is 0 Å². The van der Waals surface area contributed by atoms with Crippen molar-refractivity contribution in [1.29, 1.82) is 5.26 Å². The summed E-state index contributed by atoms with van der Waals surface area (Å²) in [6.45, 7) is 0. The van der Waals surface area contributed by atoms with E-state index in [0.717, 1.165) is 11.4 Å². The Kier molecular flexibility index (Phi) is 4.44. The fourth-order valence-corrected chi connectivity index (χ4v) is 2.05. The molecule has 102 valence electrons. The van der Waals surface area contributed by atoms with E-state index in [0.29, 0.717) is 5.56 Å². The number of nitriles is 1. The fraction of sp³-hybridized carbons (Fsp3) is 0.133. The topological polar surface area (TPSA) is 45.0 Å². The van der Waals surface area contributed by atoms with Gasteiger partial charge in [0, 0.05) is 16.3 Å². The molecule has 1 unspecified atom stereocenters. The molecule has 1 N–H and O–H groups in total. The molecule has 2 aromatic carbocycles. The first-order valence-electron chi connectivity index (χ1n) is 5.89. The van der Waals surface area contributed by atoms with Crippen LogP contribution in [0, 0.1) is 17.1 Å². The molecule has 0 saturated carbocycles. The molecule has 2 rings (SSSR count). The molecule has 0 aliphatic rings. The third-order valence-electron chi connectivity index (χ3n) is 2.80. The molecule has 3 nitrogen and oxygen atoms in total. The summed E-state index contributed by atoms with van der Waals surface area (Å²) < 4.78 is 18.1. The van der Waals surface area contributed by atoms with Crippen molar-refractivity contribution in [2.24, 2.45) is 0 Å². The highest BCUT2D eigenvalue weighted by Gasteiger charge is 2.14. The molecule has 0 heterocycles. The second-order valence-electron chi connectivity index (χ2n) is 4.10. The number of rotatable bonds is 4. The van der Waals surface area contributed by atoms with Crippen molar-refractivity contribution in [3.05, 3.63) is 58.9 Å². The molecule has 1 atom stereocenters. The van der Waals surface area contributed by atoms with Gasteiger partial charge in [-0.15, -0.1) is 0 Å². The minimum absolute atomic E-state index is 0.220. The van der Waals surface area contributed by atoms with Gasteiger partial charge in [0.05, 0.1) is 13.2 Å². The Morgan fingerprint density at radius 2 is 1.95 bits per heavy atom. The Bertz CT molecular complexity index is 637. The van der Waals surface area contributed by atoms with Gasteiger partial charge in [-0.25, -0.2) is 4.39 Å². The zero-order valence-electron chi connectivity index (χ0n) is 10.7. The highest BCUT2D eigenvalue weighted by Crippen LogP contribution is 2.27. The number of methoxy groups -OCH3 is 1. The highest BCUT2D eigenvalue weighted by molar-refractivity contribution is 6.31. The number of ether oxygens (including phenoxy) is 1. The van der Waals surface area contributed by atoms with Crippen LogP contribution in [0.2, 0.25) is 5.02 Å². The van der Waals surface area contributed by atoms with Crippen LogP contribution >= 0.6 is 11.6 Å². The third kappa shape index (κ3) is 3.19. The van der Waals surface area contributed by atoms with E-state index in [-0.39, 0.29) is 5.02 Å². The lowest BCUT2D eigenvalue weighted by molar-refractivity contribution is 0.415. The molecule has 5 heteroatoms. The minimum Gasteiger partial charge on any atom is -0.497 e. The van der Waals surface area contributed by atoms with Crippen LogP contribution in [-0.2, 0) is 0 Å². The van der Waals surface area contributed by atoms with Gasteiger partial charge in [0.15, 0.2) is 0 Å². The van der Waals surface area contributed by atoms with Crippen LogP contribution in [0.15, 0.2) is 42.5 Å². The summed E-state index contributed by atoms with van der Waals surface area (Å²) in [4.78, 5) is 0. The van der Waals surface area contributed by atoms with Crippen LogP contribution in [0.4, 0.5) is 10.1 Å². The average Bonchev–Trinajstić information content (AvgIpc) is 2.46. The van der Waals surface area contributed by atoms with E-state index in [9.17, 15) is 9.65 Å².